The Morgan fingerprint density at radius 3 is 2.41 bits per heavy atom. The monoisotopic (exact) mass is 460 g/mol. The molecule has 0 fully saturated rings. The van der Waals surface area contributed by atoms with Gasteiger partial charge in [0.15, 0.2) is 0 Å². The smallest absolute Gasteiger partial charge is 0.252 e. The van der Waals surface area contributed by atoms with E-state index in [9.17, 15) is 14.4 Å². The van der Waals surface area contributed by atoms with Crippen molar-refractivity contribution in [2.24, 2.45) is 5.73 Å². The highest BCUT2D eigenvalue weighted by molar-refractivity contribution is 5.96. The molecule has 8 nitrogen and oxygen atoms in total. The molecule has 0 aromatic heterocycles. The number of ether oxygens (including phenoxy) is 1. The maximum atomic E-state index is 12.7. The first-order valence-electron chi connectivity index (χ1n) is 10.7. The molecule has 0 aliphatic carbocycles. The number of nitrogens with one attached hydrogen (secondary N) is 2. The van der Waals surface area contributed by atoms with Crippen molar-refractivity contribution in [2.75, 3.05) is 26.0 Å². The third-order valence-corrected chi connectivity index (χ3v) is 4.86. The van der Waals surface area contributed by atoms with Crippen LogP contribution in [-0.4, -0.2) is 43.3 Å². The van der Waals surface area contributed by atoms with Gasteiger partial charge in [-0.3, -0.25) is 14.4 Å². The van der Waals surface area contributed by atoms with Gasteiger partial charge in [-0.15, -0.1) is 0 Å². The predicted octanol–water partition coefficient (Wildman–Crippen LogP) is 2.79. The molecular weight excluding hydrogens is 432 g/mol. The summed E-state index contributed by atoms with van der Waals surface area (Å²) in [6.45, 7) is 0.776. The number of rotatable bonds is 10. The number of amides is 3. The van der Waals surface area contributed by atoms with E-state index in [0.29, 0.717) is 29.1 Å². The number of para-hydroxylation sites is 1. The molecule has 3 aromatic rings. The number of nitrogens with two attached hydrogens (primary N) is 1. The molecule has 176 valence electrons. The number of anilines is 1. The number of carbonyl (C=O) groups is 3. The quantitative estimate of drug-likeness (QED) is 0.431. The summed E-state index contributed by atoms with van der Waals surface area (Å²) in [5.41, 5.74) is 8.48. The van der Waals surface area contributed by atoms with Gasteiger partial charge in [-0.05, 0) is 61.6 Å². The van der Waals surface area contributed by atoms with Gasteiger partial charge >= 0.3 is 0 Å². The second-order valence-electron chi connectivity index (χ2n) is 8.02. The minimum atomic E-state index is -0.565. The minimum absolute atomic E-state index is 0.108. The van der Waals surface area contributed by atoms with E-state index >= 15 is 0 Å². The van der Waals surface area contributed by atoms with E-state index in [1.807, 2.05) is 38.4 Å². The topological polar surface area (TPSA) is 114 Å². The first-order chi connectivity index (χ1) is 16.3. The molecule has 0 saturated carbocycles. The summed E-state index contributed by atoms with van der Waals surface area (Å²) in [4.78, 5) is 38.0. The molecule has 8 heteroatoms. The normalized spacial score (nSPS) is 10.6. The molecule has 0 heterocycles. The lowest BCUT2D eigenvalue weighted by atomic mass is 10.1. The van der Waals surface area contributed by atoms with Crippen molar-refractivity contribution >= 4 is 23.4 Å². The third-order valence-electron chi connectivity index (χ3n) is 4.86. The Bertz CT molecular complexity index is 1180. The van der Waals surface area contributed by atoms with Crippen LogP contribution in [0.1, 0.15) is 31.8 Å². The Labute approximate surface area is 198 Å². The molecule has 0 radical (unpaired) electrons. The fraction of sp³-hybridized carbons (Fsp3) is 0.192. The number of carbonyl (C=O) groups excluding carboxylic acids is 3. The maximum absolute atomic E-state index is 12.7. The Kier molecular flexibility index (Phi) is 8.37. The zero-order chi connectivity index (χ0) is 24.5. The number of primary amides is 1. The standard InChI is InChI=1S/C26H28N4O4/c1-30(2)16-24(31)29-21-10-6-7-18(14-21)15-28-26(33)20-9-5-8-19(13-20)17-34-23-12-4-3-11-22(23)25(27)32/h3-14H,15-17H2,1-2H3,(H2,27,32)(H,28,33)(H,29,31). The van der Waals surface area contributed by atoms with Crippen LogP contribution in [0.4, 0.5) is 5.69 Å². The molecule has 0 aliphatic rings. The van der Waals surface area contributed by atoms with Crippen LogP contribution in [0, 0.1) is 0 Å². The van der Waals surface area contributed by atoms with Gasteiger partial charge < -0.3 is 26.0 Å². The van der Waals surface area contributed by atoms with Crippen molar-refractivity contribution in [1.29, 1.82) is 0 Å². The van der Waals surface area contributed by atoms with Crippen LogP contribution in [0.25, 0.3) is 0 Å². The second kappa shape index (κ2) is 11.6. The lowest BCUT2D eigenvalue weighted by Crippen LogP contribution is -2.27. The number of benzene rings is 3. The SMILES string of the molecule is CN(C)CC(=O)Nc1cccc(CNC(=O)c2cccc(COc3ccccc3C(N)=O)c2)c1. The lowest BCUT2D eigenvalue weighted by molar-refractivity contribution is -0.116. The van der Waals surface area contributed by atoms with Crippen LogP contribution in [0.5, 0.6) is 5.75 Å². The van der Waals surface area contributed by atoms with Gasteiger partial charge in [0.05, 0.1) is 12.1 Å². The van der Waals surface area contributed by atoms with Crippen molar-refractivity contribution in [3.05, 3.63) is 95.1 Å². The summed E-state index contributed by atoms with van der Waals surface area (Å²) >= 11 is 0. The molecular formula is C26H28N4O4. The molecule has 0 atom stereocenters. The number of hydrogen-bond donors (Lipinski definition) is 3. The fourth-order valence-corrected chi connectivity index (χ4v) is 3.29. The number of likely N-dealkylation sites (N-methyl/N-ethyl adjacent to an activating group) is 1. The summed E-state index contributed by atoms with van der Waals surface area (Å²) < 4.78 is 5.75. The summed E-state index contributed by atoms with van der Waals surface area (Å²) in [6, 6.07) is 21.1. The summed E-state index contributed by atoms with van der Waals surface area (Å²) in [5.74, 6) is -0.516. The molecule has 3 amide bonds. The van der Waals surface area contributed by atoms with Gasteiger partial charge in [0.25, 0.3) is 11.8 Å². The van der Waals surface area contributed by atoms with Crippen LogP contribution < -0.4 is 21.1 Å². The molecule has 0 aliphatic heterocycles. The first-order valence-corrected chi connectivity index (χ1v) is 10.7. The molecule has 3 rings (SSSR count). The fourth-order valence-electron chi connectivity index (χ4n) is 3.29. The summed E-state index contributed by atoms with van der Waals surface area (Å²) in [6.07, 6.45) is 0. The zero-order valence-electron chi connectivity index (χ0n) is 19.2. The van der Waals surface area contributed by atoms with Crippen molar-refractivity contribution in [2.45, 2.75) is 13.2 Å². The van der Waals surface area contributed by atoms with E-state index in [1.165, 1.54) is 0 Å². The Hall–Kier alpha value is -4.17. The minimum Gasteiger partial charge on any atom is -0.488 e. The molecule has 34 heavy (non-hydrogen) atoms. The van der Waals surface area contributed by atoms with Gasteiger partial charge in [-0.2, -0.15) is 0 Å². The average Bonchev–Trinajstić information content (AvgIpc) is 2.81. The highest BCUT2D eigenvalue weighted by atomic mass is 16.5. The first kappa shape index (κ1) is 24.5. The van der Waals surface area contributed by atoms with Crippen molar-refractivity contribution in [3.8, 4) is 5.75 Å². The van der Waals surface area contributed by atoms with Gasteiger partial charge in [0, 0.05) is 17.8 Å². The van der Waals surface area contributed by atoms with E-state index in [4.69, 9.17) is 10.5 Å². The van der Waals surface area contributed by atoms with Crippen molar-refractivity contribution in [3.63, 3.8) is 0 Å². The Balaban J connectivity index is 1.58. The van der Waals surface area contributed by atoms with Gasteiger partial charge in [0.1, 0.15) is 12.4 Å². The van der Waals surface area contributed by atoms with E-state index in [2.05, 4.69) is 10.6 Å². The molecule has 0 bridgehead atoms. The largest absolute Gasteiger partial charge is 0.488 e. The van der Waals surface area contributed by atoms with E-state index < -0.39 is 5.91 Å². The zero-order valence-corrected chi connectivity index (χ0v) is 19.2. The second-order valence-corrected chi connectivity index (χ2v) is 8.02. The molecule has 0 spiro atoms. The van der Waals surface area contributed by atoms with Crippen LogP contribution in [0.15, 0.2) is 72.8 Å². The Morgan fingerprint density at radius 2 is 1.65 bits per heavy atom. The van der Waals surface area contributed by atoms with E-state index in [-0.39, 0.29) is 25.0 Å². The Morgan fingerprint density at radius 1 is 0.912 bits per heavy atom. The van der Waals surface area contributed by atoms with E-state index in [0.717, 1.165) is 11.1 Å². The highest BCUT2D eigenvalue weighted by Crippen LogP contribution is 2.19. The van der Waals surface area contributed by atoms with Gasteiger partial charge in [0.2, 0.25) is 5.91 Å². The van der Waals surface area contributed by atoms with Crippen molar-refractivity contribution in [1.82, 2.24) is 10.2 Å². The lowest BCUT2D eigenvalue weighted by Gasteiger charge is -2.12. The van der Waals surface area contributed by atoms with Crippen molar-refractivity contribution < 1.29 is 19.1 Å². The van der Waals surface area contributed by atoms with Crippen LogP contribution in [-0.2, 0) is 17.9 Å². The number of nitrogens with zero attached hydrogens (tertiary/aromatic N) is 1. The average molecular weight is 461 g/mol. The third kappa shape index (κ3) is 7.18. The number of hydrogen-bond acceptors (Lipinski definition) is 5. The molecule has 4 N–H and O–H groups in total. The molecule has 0 unspecified atom stereocenters. The molecule has 0 saturated heterocycles. The summed E-state index contributed by atoms with van der Waals surface area (Å²) in [5, 5.41) is 5.73. The van der Waals surface area contributed by atoms with Crippen LogP contribution in [0.3, 0.4) is 0 Å². The van der Waals surface area contributed by atoms with E-state index in [1.54, 1.807) is 53.4 Å². The molecule has 3 aromatic carbocycles. The van der Waals surface area contributed by atoms with Crippen LogP contribution in [0.2, 0.25) is 0 Å². The van der Waals surface area contributed by atoms with Gasteiger partial charge in [-0.1, -0.05) is 36.4 Å². The maximum Gasteiger partial charge on any atom is 0.252 e. The predicted molar refractivity (Wildman–Crippen MR) is 131 cm³/mol. The summed E-state index contributed by atoms with van der Waals surface area (Å²) in [7, 11) is 3.65. The van der Waals surface area contributed by atoms with Crippen LogP contribution >= 0.6 is 0 Å². The van der Waals surface area contributed by atoms with Gasteiger partial charge in [-0.25, -0.2) is 0 Å². The highest BCUT2D eigenvalue weighted by Gasteiger charge is 2.10.